The van der Waals surface area contributed by atoms with Crippen molar-refractivity contribution in [2.24, 2.45) is 0 Å². The van der Waals surface area contributed by atoms with Gasteiger partial charge in [-0.3, -0.25) is 10.2 Å². The number of benzene rings is 1. The zero-order valence-electron chi connectivity index (χ0n) is 13.9. The van der Waals surface area contributed by atoms with E-state index in [1.807, 2.05) is 20.8 Å². The van der Waals surface area contributed by atoms with Crippen molar-refractivity contribution in [3.05, 3.63) is 29.8 Å². The topological polar surface area (TPSA) is 78.5 Å². The van der Waals surface area contributed by atoms with Gasteiger partial charge in [-0.2, -0.15) is 4.31 Å². The van der Waals surface area contributed by atoms with Crippen LogP contribution in [0.4, 0.5) is 0 Å². The van der Waals surface area contributed by atoms with Gasteiger partial charge in [0, 0.05) is 24.2 Å². The summed E-state index contributed by atoms with van der Waals surface area (Å²) >= 11 is 0. The van der Waals surface area contributed by atoms with Gasteiger partial charge in [0.2, 0.25) is 10.0 Å². The van der Waals surface area contributed by atoms with Crippen LogP contribution in [0.3, 0.4) is 0 Å². The van der Waals surface area contributed by atoms with Crippen molar-refractivity contribution in [3.63, 3.8) is 0 Å². The second-order valence-corrected chi connectivity index (χ2v) is 8.76. The molecule has 1 fully saturated rings. The van der Waals surface area contributed by atoms with Crippen LogP contribution in [0.25, 0.3) is 0 Å². The maximum Gasteiger partial charge on any atom is 0.265 e. The highest BCUT2D eigenvalue weighted by molar-refractivity contribution is 7.89. The van der Waals surface area contributed by atoms with Gasteiger partial charge < -0.3 is 0 Å². The Morgan fingerprint density at radius 3 is 2.13 bits per heavy atom. The third kappa shape index (κ3) is 4.76. The first-order valence-corrected chi connectivity index (χ1v) is 9.32. The number of rotatable bonds is 4. The Kier molecular flexibility index (Phi) is 5.44. The Labute approximate surface area is 138 Å². The van der Waals surface area contributed by atoms with E-state index in [-0.39, 0.29) is 16.3 Å². The minimum absolute atomic E-state index is 0.236. The second kappa shape index (κ2) is 6.98. The molecule has 0 bridgehead atoms. The van der Waals surface area contributed by atoms with Crippen LogP contribution >= 0.6 is 0 Å². The molecule has 2 rings (SSSR count). The average Bonchev–Trinajstić information content (AvgIpc) is 2.53. The van der Waals surface area contributed by atoms with Crippen molar-refractivity contribution in [1.82, 2.24) is 15.2 Å². The number of amides is 1. The summed E-state index contributed by atoms with van der Waals surface area (Å²) in [7, 11) is -3.45. The lowest BCUT2D eigenvalue weighted by atomic mass is 10.1. The number of hydrogen-bond donors (Lipinski definition) is 2. The molecule has 1 aromatic carbocycles. The summed E-state index contributed by atoms with van der Waals surface area (Å²) in [6.45, 7) is 6.94. The first kappa shape index (κ1) is 17.9. The molecular formula is C16H25N3O3S. The molecule has 0 aromatic heterocycles. The lowest BCUT2D eigenvalue weighted by molar-refractivity contribution is 0.0914. The maximum atomic E-state index is 12.5. The fourth-order valence-electron chi connectivity index (χ4n) is 2.35. The van der Waals surface area contributed by atoms with Crippen LogP contribution in [0.5, 0.6) is 0 Å². The number of nitrogens with zero attached hydrogens (tertiary/aromatic N) is 1. The molecule has 1 aliphatic heterocycles. The Bertz CT molecular complexity index is 642. The molecule has 0 atom stereocenters. The molecule has 0 unspecified atom stereocenters. The van der Waals surface area contributed by atoms with Crippen molar-refractivity contribution in [1.29, 1.82) is 0 Å². The van der Waals surface area contributed by atoms with Crippen LogP contribution in [-0.2, 0) is 10.0 Å². The molecule has 6 nitrogen and oxygen atoms in total. The monoisotopic (exact) mass is 339 g/mol. The summed E-state index contributed by atoms with van der Waals surface area (Å²) in [6.07, 6.45) is 2.88. The lowest BCUT2D eigenvalue weighted by Gasteiger charge is -2.26. The quantitative estimate of drug-likeness (QED) is 0.821. The van der Waals surface area contributed by atoms with E-state index in [9.17, 15) is 13.2 Å². The van der Waals surface area contributed by atoms with Gasteiger partial charge in [-0.1, -0.05) is 6.42 Å². The van der Waals surface area contributed by atoms with Gasteiger partial charge in [0.1, 0.15) is 0 Å². The molecule has 128 valence electrons. The Balaban J connectivity index is 2.08. The summed E-state index contributed by atoms with van der Waals surface area (Å²) in [5.74, 6) is -0.290. The summed E-state index contributed by atoms with van der Waals surface area (Å²) in [4.78, 5) is 12.3. The molecule has 0 radical (unpaired) electrons. The van der Waals surface area contributed by atoms with E-state index in [1.165, 1.54) is 28.6 Å². The normalized spacial score (nSPS) is 17.0. The predicted octanol–water partition coefficient (Wildman–Crippen LogP) is 1.89. The predicted molar refractivity (Wildman–Crippen MR) is 89.4 cm³/mol. The maximum absolute atomic E-state index is 12.5. The number of carbonyl (C=O) groups excluding carboxylic acids is 1. The molecule has 7 heteroatoms. The van der Waals surface area contributed by atoms with Crippen LogP contribution in [0.15, 0.2) is 29.2 Å². The van der Waals surface area contributed by atoms with Crippen LogP contribution in [0, 0.1) is 0 Å². The van der Waals surface area contributed by atoms with Gasteiger partial charge in [0.25, 0.3) is 5.91 Å². The van der Waals surface area contributed by atoms with E-state index in [0.29, 0.717) is 18.7 Å². The first-order valence-electron chi connectivity index (χ1n) is 7.88. The van der Waals surface area contributed by atoms with E-state index in [2.05, 4.69) is 10.9 Å². The van der Waals surface area contributed by atoms with Crippen LogP contribution in [-0.4, -0.2) is 37.3 Å². The third-order valence-electron chi connectivity index (χ3n) is 3.62. The number of hydrogen-bond acceptors (Lipinski definition) is 4. The van der Waals surface area contributed by atoms with Gasteiger partial charge in [0.15, 0.2) is 0 Å². The highest BCUT2D eigenvalue weighted by Gasteiger charge is 2.26. The van der Waals surface area contributed by atoms with Gasteiger partial charge in [-0.05, 0) is 57.9 Å². The summed E-state index contributed by atoms with van der Waals surface area (Å²) in [5, 5.41) is 0. The van der Waals surface area contributed by atoms with Gasteiger partial charge >= 0.3 is 0 Å². The molecule has 23 heavy (non-hydrogen) atoms. The van der Waals surface area contributed by atoms with E-state index >= 15 is 0 Å². The van der Waals surface area contributed by atoms with Crippen molar-refractivity contribution < 1.29 is 13.2 Å². The molecule has 0 aliphatic carbocycles. The van der Waals surface area contributed by atoms with Gasteiger partial charge in [0.05, 0.1) is 4.90 Å². The Hall–Kier alpha value is -1.44. The largest absolute Gasteiger partial charge is 0.287 e. The van der Waals surface area contributed by atoms with Crippen LogP contribution in [0.1, 0.15) is 50.4 Å². The third-order valence-corrected chi connectivity index (χ3v) is 5.53. The summed E-state index contributed by atoms with van der Waals surface area (Å²) in [5.41, 5.74) is 5.68. The molecular weight excluding hydrogens is 314 g/mol. The summed E-state index contributed by atoms with van der Waals surface area (Å²) in [6, 6.07) is 6.07. The zero-order chi connectivity index (χ0) is 17.1. The minimum atomic E-state index is -3.45. The van der Waals surface area contributed by atoms with E-state index in [1.54, 1.807) is 0 Å². The van der Waals surface area contributed by atoms with Crippen molar-refractivity contribution in [3.8, 4) is 0 Å². The molecule has 1 saturated heterocycles. The molecule has 1 aliphatic rings. The van der Waals surface area contributed by atoms with Gasteiger partial charge in [-0.25, -0.2) is 13.8 Å². The number of nitrogens with one attached hydrogen (secondary N) is 2. The number of sulfonamides is 1. The fourth-order valence-corrected chi connectivity index (χ4v) is 3.87. The van der Waals surface area contributed by atoms with Crippen LogP contribution < -0.4 is 10.9 Å². The smallest absolute Gasteiger partial charge is 0.265 e. The van der Waals surface area contributed by atoms with E-state index < -0.39 is 10.0 Å². The average molecular weight is 339 g/mol. The molecule has 0 spiro atoms. The minimum Gasteiger partial charge on any atom is -0.287 e. The highest BCUT2D eigenvalue weighted by Crippen LogP contribution is 2.20. The number of piperidine rings is 1. The van der Waals surface area contributed by atoms with Crippen molar-refractivity contribution >= 4 is 15.9 Å². The molecule has 1 amide bonds. The molecule has 0 saturated carbocycles. The molecule has 2 N–H and O–H groups in total. The number of carbonyl (C=O) groups is 1. The number of hydrazine groups is 1. The SMILES string of the molecule is CC(C)(C)NNC(=O)c1ccc(S(=O)(=O)N2CCCCC2)cc1. The summed E-state index contributed by atoms with van der Waals surface area (Å²) < 4.78 is 26.6. The highest BCUT2D eigenvalue weighted by atomic mass is 32.2. The Morgan fingerprint density at radius 1 is 1.04 bits per heavy atom. The van der Waals surface area contributed by atoms with Crippen LogP contribution in [0.2, 0.25) is 0 Å². The van der Waals surface area contributed by atoms with Crippen molar-refractivity contribution in [2.45, 2.75) is 50.5 Å². The lowest BCUT2D eigenvalue weighted by Crippen LogP contribution is -2.48. The van der Waals surface area contributed by atoms with E-state index in [4.69, 9.17) is 0 Å². The standard InChI is InChI=1S/C16H25N3O3S/c1-16(2,3)18-17-15(20)13-7-9-14(10-8-13)23(21,22)19-11-5-4-6-12-19/h7-10,18H,4-6,11-12H2,1-3H3,(H,17,20). The van der Waals surface area contributed by atoms with Crippen molar-refractivity contribution in [2.75, 3.05) is 13.1 Å². The van der Waals surface area contributed by atoms with E-state index in [0.717, 1.165) is 19.3 Å². The van der Waals surface area contributed by atoms with Gasteiger partial charge in [-0.15, -0.1) is 0 Å². The zero-order valence-corrected chi connectivity index (χ0v) is 14.7. The first-order chi connectivity index (χ1) is 10.7. The molecule has 1 heterocycles. The fraction of sp³-hybridized carbons (Fsp3) is 0.562. The Morgan fingerprint density at radius 2 is 1.61 bits per heavy atom. The molecule has 1 aromatic rings. The second-order valence-electron chi connectivity index (χ2n) is 6.82.